The zero-order chi connectivity index (χ0) is 11.5. The highest BCUT2D eigenvalue weighted by atomic mass is 15.0. The van der Waals surface area contributed by atoms with Gasteiger partial charge < -0.3 is 10.6 Å². The molecule has 1 aliphatic heterocycles. The van der Waals surface area contributed by atoms with E-state index in [0.717, 1.165) is 37.8 Å². The Balaban J connectivity index is 1.69. The summed E-state index contributed by atoms with van der Waals surface area (Å²) < 4.78 is 0. The third-order valence-electron chi connectivity index (χ3n) is 3.91. The molecule has 4 heteroatoms. The predicted octanol–water partition coefficient (Wildman–Crippen LogP) is 1.72. The predicted molar refractivity (Wildman–Crippen MR) is 67.9 cm³/mol. The Hall–Kier alpha value is -1.16. The van der Waals surface area contributed by atoms with E-state index in [-0.39, 0.29) is 0 Å². The highest BCUT2D eigenvalue weighted by molar-refractivity contribution is 5.47. The lowest BCUT2D eigenvalue weighted by molar-refractivity contribution is 0.576. The molecule has 2 aliphatic rings. The average Bonchev–Trinajstić information content (AvgIpc) is 2.89. The fraction of sp³-hybridized carbons (Fsp3) is 0.692. The molecule has 1 aromatic heterocycles. The SMILES string of the molecule is c1nc2c(c(NCC3CCCC3)n1)CCNC2. The molecular weight excluding hydrogens is 212 g/mol. The Kier molecular flexibility index (Phi) is 3.22. The number of rotatable bonds is 3. The smallest absolute Gasteiger partial charge is 0.132 e. The molecule has 0 spiro atoms. The molecule has 2 heterocycles. The van der Waals surface area contributed by atoms with Crippen molar-refractivity contribution < 1.29 is 0 Å². The van der Waals surface area contributed by atoms with Crippen LogP contribution in [0.3, 0.4) is 0 Å². The van der Waals surface area contributed by atoms with E-state index in [0.29, 0.717) is 0 Å². The molecule has 17 heavy (non-hydrogen) atoms. The van der Waals surface area contributed by atoms with Gasteiger partial charge in [-0.15, -0.1) is 0 Å². The number of fused-ring (bicyclic) bond motifs is 1. The van der Waals surface area contributed by atoms with Crippen molar-refractivity contribution in [2.24, 2.45) is 5.92 Å². The van der Waals surface area contributed by atoms with Gasteiger partial charge in [-0.05, 0) is 31.7 Å². The van der Waals surface area contributed by atoms with E-state index in [4.69, 9.17) is 0 Å². The minimum atomic E-state index is 0.849. The number of nitrogens with zero attached hydrogens (tertiary/aromatic N) is 2. The van der Waals surface area contributed by atoms with Crippen molar-refractivity contribution in [3.8, 4) is 0 Å². The van der Waals surface area contributed by atoms with Crippen molar-refractivity contribution in [3.63, 3.8) is 0 Å². The minimum absolute atomic E-state index is 0.849. The summed E-state index contributed by atoms with van der Waals surface area (Å²) in [4.78, 5) is 8.75. The van der Waals surface area contributed by atoms with E-state index in [2.05, 4.69) is 20.6 Å². The summed E-state index contributed by atoms with van der Waals surface area (Å²) in [5.41, 5.74) is 2.49. The lowest BCUT2D eigenvalue weighted by atomic mass is 10.1. The first-order valence-corrected chi connectivity index (χ1v) is 6.71. The number of anilines is 1. The largest absolute Gasteiger partial charge is 0.369 e. The van der Waals surface area contributed by atoms with E-state index >= 15 is 0 Å². The van der Waals surface area contributed by atoms with Crippen molar-refractivity contribution in [1.29, 1.82) is 0 Å². The summed E-state index contributed by atoms with van der Waals surface area (Å²) >= 11 is 0. The zero-order valence-corrected chi connectivity index (χ0v) is 10.2. The second-order valence-electron chi connectivity index (χ2n) is 5.11. The summed E-state index contributed by atoms with van der Waals surface area (Å²) in [6.07, 6.45) is 8.28. The number of hydrogen-bond acceptors (Lipinski definition) is 4. The molecule has 0 aromatic carbocycles. The second kappa shape index (κ2) is 5.00. The van der Waals surface area contributed by atoms with Gasteiger partial charge in [-0.25, -0.2) is 9.97 Å². The lowest BCUT2D eigenvalue weighted by Crippen LogP contribution is -2.26. The maximum Gasteiger partial charge on any atom is 0.132 e. The fourth-order valence-corrected chi connectivity index (χ4v) is 2.89. The highest BCUT2D eigenvalue weighted by Crippen LogP contribution is 2.26. The van der Waals surface area contributed by atoms with E-state index in [1.807, 2.05) is 0 Å². The van der Waals surface area contributed by atoms with Crippen molar-refractivity contribution >= 4 is 5.82 Å². The Labute approximate surface area is 102 Å². The van der Waals surface area contributed by atoms with Crippen LogP contribution in [0.4, 0.5) is 5.82 Å². The van der Waals surface area contributed by atoms with Crippen LogP contribution in [-0.4, -0.2) is 23.1 Å². The monoisotopic (exact) mass is 232 g/mol. The Bertz CT molecular complexity index is 385. The molecule has 1 saturated carbocycles. The first-order valence-electron chi connectivity index (χ1n) is 6.71. The Morgan fingerprint density at radius 3 is 3.06 bits per heavy atom. The third kappa shape index (κ3) is 2.41. The molecule has 1 aromatic rings. The van der Waals surface area contributed by atoms with Crippen molar-refractivity contribution in [3.05, 3.63) is 17.6 Å². The third-order valence-corrected chi connectivity index (χ3v) is 3.91. The van der Waals surface area contributed by atoms with Crippen molar-refractivity contribution in [2.75, 3.05) is 18.4 Å². The van der Waals surface area contributed by atoms with Crippen LogP contribution in [0.5, 0.6) is 0 Å². The van der Waals surface area contributed by atoms with Gasteiger partial charge >= 0.3 is 0 Å². The van der Waals surface area contributed by atoms with Crippen LogP contribution in [0.15, 0.2) is 6.33 Å². The van der Waals surface area contributed by atoms with Crippen molar-refractivity contribution in [2.45, 2.75) is 38.6 Å². The summed E-state index contributed by atoms with van der Waals surface area (Å²) in [7, 11) is 0. The first kappa shape index (κ1) is 11.0. The van der Waals surface area contributed by atoms with Gasteiger partial charge in [0.1, 0.15) is 12.1 Å². The zero-order valence-electron chi connectivity index (χ0n) is 10.2. The molecule has 1 fully saturated rings. The fourth-order valence-electron chi connectivity index (χ4n) is 2.89. The van der Waals surface area contributed by atoms with E-state index < -0.39 is 0 Å². The summed E-state index contributed by atoms with van der Waals surface area (Å²) in [6, 6.07) is 0. The molecule has 0 saturated heterocycles. The van der Waals surface area contributed by atoms with Crippen LogP contribution in [0.2, 0.25) is 0 Å². The van der Waals surface area contributed by atoms with E-state index in [1.165, 1.54) is 36.9 Å². The van der Waals surface area contributed by atoms with Gasteiger partial charge in [-0.1, -0.05) is 12.8 Å². The van der Waals surface area contributed by atoms with Gasteiger partial charge in [0.2, 0.25) is 0 Å². The standard InChI is InChI=1S/C13H20N4/c1-2-4-10(3-1)7-15-13-11-5-6-14-8-12(11)16-9-17-13/h9-10,14H,1-8H2,(H,15,16,17). The summed E-state index contributed by atoms with van der Waals surface area (Å²) in [5, 5.41) is 6.88. The number of hydrogen-bond donors (Lipinski definition) is 2. The van der Waals surface area contributed by atoms with Crippen LogP contribution in [0.1, 0.15) is 36.9 Å². The van der Waals surface area contributed by atoms with Crippen molar-refractivity contribution in [1.82, 2.24) is 15.3 Å². The van der Waals surface area contributed by atoms with Gasteiger partial charge in [0, 0.05) is 18.7 Å². The molecule has 2 N–H and O–H groups in total. The first-order chi connectivity index (χ1) is 8.43. The highest BCUT2D eigenvalue weighted by Gasteiger charge is 2.18. The molecule has 0 bridgehead atoms. The molecule has 0 amide bonds. The summed E-state index contributed by atoms with van der Waals surface area (Å²) in [5.74, 6) is 1.92. The van der Waals surface area contributed by atoms with Gasteiger partial charge in [0.25, 0.3) is 0 Å². The molecule has 0 unspecified atom stereocenters. The van der Waals surface area contributed by atoms with E-state index in [9.17, 15) is 0 Å². The maximum atomic E-state index is 4.40. The van der Waals surface area contributed by atoms with Gasteiger partial charge in [0.15, 0.2) is 0 Å². The number of aromatic nitrogens is 2. The van der Waals surface area contributed by atoms with E-state index in [1.54, 1.807) is 6.33 Å². The lowest BCUT2D eigenvalue weighted by Gasteiger charge is -2.20. The van der Waals surface area contributed by atoms with Crippen LogP contribution >= 0.6 is 0 Å². The Morgan fingerprint density at radius 1 is 1.29 bits per heavy atom. The molecular formula is C13H20N4. The quantitative estimate of drug-likeness (QED) is 0.833. The average molecular weight is 232 g/mol. The molecule has 3 rings (SSSR count). The molecule has 1 aliphatic carbocycles. The molecule has 4 nitrogen and oxygen atoms in total. The minimum Gasteiger partial charge on any atom is -0.369 e. The Morgan fingerprint density at radius 2 is 2.18 bits per heavy atom. The normalized spacial score (nSPS) is 20.2. The van der Waals surface area contributed by atoms with Crippen LogP contribution in [0, 0.1) is 5.92 Å². The van der Waals surface area contributed by atoms with Gasteiger partial charge in [0.05, 0.1) is 5.69 Å². The van der Waals surface area contributed by atoms with Gasteiger partial charge in [-0.2, -0.15) is 0 Å². The van der Waals surface area contributed by atoms with Crippen LogP contribution in [-0.2, 0) is 13.0 Å². The molecule has 92 valence electrons. The topological polar surface area (TPSA) is 49.8 Å². The second-order valence-corrected chi connectivity index (χ2v) is 5.11. The van der Waals surface area contributed by atoms with Crippen LogP contribution < -0.4 is 10.6 Å². The number of nitrogens with one attached hydrogen (secondary N) is 2. The van der Waals surface area contributed by atoms with Gasteiger partial charge in [-0.3, -0.25) is 0 Å². The molecule has 0 radical (unpaired) electrons. The summed E-state index contributed by atoms with van der Waals surface area (Å²) in [6.45, 7) is 3.01. The maximum absolute atomic E-state index is 4.40. The molecule has 0 atom stereocenters. The van der Waals surface area contributed by atoms with Crippen LogP contribution in [0.25, 0.3) is 0 Å².